The highest BCUT2D eigenvalue weighted by atomic mass is 35.5. The molecule has 220 valence electrons. The molecule has 12 nitrogen and oxygen atoms in total. The number of thiophene rings is 2. The number of nitrogens with zero attached hydrogens (tertiary/aromatic N) is 2. The monoisotopic (exact) mass is 660 g/mol. The number of nitrogens with one attached hydrogen (secondary N) is 2. The molecule has 3 N–H and O–H groups in total. The maximum absolute atomic E-state index is 11.9. The van der Waals surface area contributed by atoms with Crippen molar-refractivity contribution in [2.24, 2.45) is 0 Å². The summed E-state index contributed by atoms with van der Waals surface area (Å²) in [5.74, 6) is -2.42. The van der Waals surface area contributed by atoms with Crippen LogP contribution in [0.5, 0.6) is 0 Å². The average molecular weight is 661 g/mol. The number of methoxy groups -OCH3 is 2. The Kier molecular flexibility index (Phi) is 12.2. The number of anilines is 4. The first-order valence-electron chi connectivity index (χ1n) is 11.1. The zero-order valence-corrected chi connectivity index (χ0v) is 26.3. The minimum atomic E-state index is -1.09. The molecule has 4 rings (SSSR count). The Hall–Kier alpha value is -3.57. The van der Waals surface area contributed by atoms with Crippen LogP contribution in [-0.2, 0) is 14.2 Å². The van der Waals surface area contributed by atoms with Crippen LogP contribution in [0.1, 0.15) is 61.1 Å². The van der Waals surface area contributed by atoms with Gasteiger partial charge in [-0.05, 0) is 43.7 Å². The fourth-order valence-electron chi connectivity index (χ4n) is 2.73. The molecule has 0 aliphatic carbocycles. The number of ether oxygens (including phenoxy) is 3. The average Bonchev–Trinajstić information content (AvgIpc) is 3.70. The van der Waals surface area contributed by atoms with Crippen molar-refractivity contribution in [3.8, 4) is 0 Å². The summed E-state index contributed by atoms with van der Waals surface area (Å²) in [4.78, 5) is 54.6. The molecule has 0 spiro atoms. The molecular weight excluding hydrogens is 636 g/mol. The van der Waals surface area contributed by atoms with E-state index < -0.39 is 29.5 Å². The predicted octanol–water partition coefficient (Wildman–Crippen LogP) is 6.54. The van der Waals surface area contributed by atoms with Gasteiger partial charge >= 0.3 is 23.9 Å². The zero-order chi connectivity index (χ0) is 29.4. The van der Waals surface area contributed by atoms with Gasteiger partial charge in [0.15, 0.2) is 21.7 Å². The summed E-state index contributed by atoms with van der Waals surface area (Å²) in [5.41, 5.74) is 0.786. The highest BCUT2D eigenvalue weighted by Crippen LogP contribution is 2.29. The third kappa shape index (κ3) is 9.50. The Bertz CT molecular complexity index is 1500. The Morgan fingerprint density at radius 1 is 0.756 bits per heavy atom. The first-order valence-corrected chi connectivity index (χ1v) is 14.7. The summed E-state index contributed by atoms with van der Waals surface area (Å²) in [6, 6.07) is 3.46. The standard InChI is InChI=1S/C14H16N2O4S2.C10H8N2O4S2.ClH/c1-14(2,3)20-11(17)9-7-22-13(16-9)15-8-5-6-21-10(8)12(18)19-4;1-16-9(15)7-5(2-3-17-7)11-10-12-6(4-18-10)8(13)14;/h5-7H,1-4H3,(H,15,16);2-4H,1H3,(H,11,12)(H,13,14);1H. The van der Waals surface area contributed by atoms with Crippen LogP contribution in [0.4, 0.5) is 21.6 Å². The molecule has 0 saturated carbocycles. The fraction of sp³-hybridized carbons (Fsp3) is 0.250. The van der Waals surface area contributed by atoms with Crippen molar-refractivity contribution >= 4 is 103 Å². The highest BCUT2D eigenvalue weighted by Gasteiger charge is 2.21. The second-order valence-electron chi connectivity index (χ2n) is 8.44. The number of esters is 3. The molecule has 0 saturated heterocycles. The van der Waals surface area contributed by atoms with Crippen molar-refractivity contribution in [1.29, 1.82) is 0 Å². The van der Waals surface area contributed by atoms with Crippen molar-refractivity contribution in [3.63, 3.8) is 0 Å². The van der Waals surface area contributed by atoms with E-state index in [0.29, 0.717) is 31.4 Å². The van der Waals surface area contributed by atoms with Gasteiger partial charge in [0.2, 0.25) is 0 Å². The number of aromatic nitrogens is 2. The lowest BCUT2D eigenvalue weighted by Gasteiger charge is -2.18. The second kappa shape index (κ2) is 14.9. The SMILES string of the molecule is COC(=O)c1sccc1Nc1nc(C(=O)O)cs1.COC(=O)c1sccc1Nc1nc(C(=O)OC(C)(C)C)cs1.Cl. The normalized spacial score (nSPS) is 10.4. The van der Waals surface area contributed by atoms with E-state index in [2.05, 4.69) is 25.3 Å². The van der Waals surface area contributed by atoms with Crippen LogP contribution in [-0.4, -0.2) is 58.8 Å². The van der Waals surface area contributed by atoms with Crippen LogP contribution >= 0.6 is 57.8 Å². The van der Waals surface area contributed by atoms with E-state index in [0.717, 1.165) is 11.3 Å². The van der Waals surface area contributed by atoms with Gasteiger partial charge in [-0.1, -0.05) is 0 Å². The van der Waals surface area contributed by atoms with Gasteiger partial charge < -0.3 is 30.0 Å². The van der Waals surface area contributed by atoms with Gasteiger partial charge in [0, 0.05) is 10.8 Å². The van der Waals surface area contributed by atoms with Crippen molar-refractivity contribution in [1.82, 2.24) is 9.97 Å². The van der Waals surface area contributed by atoms with E-state index in [-0.39, 0.29) is 23.8 Å². The summed E-state index contributed by atoms with van der Waals surface area (Å²) >= 11 is 4.92. The number of carboxylic acids is 1. The Morgan fingerprint density at radius 2 is 1.20 bits per heavy atom. The third-order valence-electron chi connectivity index (χ3n) is 4.39. The lowest BCUT2D eigenvalue weighted by atomic mass is 10.2. The number of hydrogen-bond donors (Lipinski definition) is 3. The predicted molar refractivity (Wildman–Crippen MR) is 161 cm³/mol. The molecule has 17 heteroatoms. The van der Waals surface area contributed by atoms with Gasteiger partial charge in [0.05, 0.1) is 25.6 Å². The van der Waals surface area contributed by atoms with E-state index in [1.165, 1.54) is 53.6 Å². The Balaban J connectivity index is 0.000000285. The number of carbonyl (C=O) groups excluding carboxylic acids is 3. The number of rotatable bonds is 8. The van der Waals surface area contributed by atoms with Crippen LogP contribution in [0.3, 0.4) is 0 Å². The molecule has 0 aromatic carbocycles. The van der Waals surface area contributed by atoms with Crippen LogP contribution in [0.15, 0.2) is 33.7 Å². The number of thiazole rings is 2. The zero-order valence-electron chi connectivity index (χ0n) is 22.2. The van der Waals surface area contributed by atoms with Gasteiger partial charge in [-0.25, -0.2) is 29.1 Å². The van der Waals surface area contributed by atoms with Gasteiger partial charge in [0.25, 0.3) is 0 Å². The number of hydrogen-bond acceptors (Lipinski definition) is 15. The van der Waals surface area contributed by atoms with Gasteiger partial charge in [0.1, 0.15) is 15.4 Å². The van der Waals surface area contributed by atoms with Crippen LogP contribution in [0.25, 0.3) is 0 Å². The first-order chi connectivity index (χ1) is 18.9. The number of aromatic carboxylic acids is 1. The fourth-order valence-corrected chi connectivity index (χ4v) is 5.65. The van der Waals surface area contributed by atoms with Crippen LogP contribution in [0.2, 0.25) is 0 Å². The largest absolute Gasteiger partial charge is 0.476 e. The van der Waals surface area contributed by atoms with E-state index in [1.807, 2.05) is 0 Å². The molecular formula is C24H25ClN4O8S4. The highest BCUT2D eigenvalue weighted by molar-refractivity contribution is 7.15. The lowest BCUT2D eigenvalue weighted by Crippen LogP contribution is -2.24. The molecule has 0 fully saturated rings. The van der Waals surface area contributed by atoms with Crippen molar-refractivity contribution in [2.45, 2.75) is 26.4 Å². The van der Waals surface area contributed by atoms with Gasteiger partial charge in [-0.2, -0.15) is 0 Å². The quantitative estimate of drug-likeness (QED) is 0.138. The lowest BCUT2D eigenvalue weighted by molar-refractivity contribution is 0.00632. The minimum Gasteiger partial charge on any atom is -0.476 e. The molecule has 0 unspecified atom stereocenters. The van der Waals surface area contributed by atoms with Crippen molar-refractivity contribution in [2.75, 3.05) is 24.9 Å². The van der Waals surface area contributed by atoms with Gasteiger partial charge in [-0.15, -0.1) is 57.8 Å². The minimum absolute atomic E-state index is 0. The number of carbonyl (C=O) groups is 4. The Morgan fingerprint density at radius 3 is 1.59 bits per heavy atom. The molecule has 0 radical (unpaired) electrons. The number of halogens is 1. The molecule has 0 aliphatic heterocycles. The molecule has 0 aliphatic rings. The topological polar surface area (TPSA) is 166 Å². The number of carboxylic acid groups (broad SMARTS) is 1. The maximum Gasteiger partial charge on any atom is 0.358 e. The van der Waals surface area contributed by atoms with Gasteiger partial charge in [-0.3, -0.25) is 0 Å². The molecule has 41 heavy (non-hydrogen) atoms. The molecule has 4 aromatic rings. The van der Waals surface area contributed by atoms with Crippen LogP contribution < -0.4 is 10.6 Å². The van der Waals surface area contributed by atoms with E-state index in [9.17, 15) is 19.2 Å². The van der Waals surface area contributed by atoms with E-state index in [1.54, 1.807) is 49.0 Å². The summed E-state index contributed by atoms with van der Waals surface area (Å²) in [5, 5.41) is 22.1. The molecule has 4 heterocycles. The van der Waals surface area contributed by atoms with Crippen molar-refractivity contribution in [3.05, 3.63) is 54.8 Å². The molecule has 0 amide bonds. The molecule has 0 bridgehead atoms. The van der Waals surface area contributed by atoms with Crippen molar-refractivity contribution < 1.29 is 38.5 Å². The summed E-state index contributed by atoms with van der Waals surface area (Å²) < 4.78 is 14.6. The molecule has 4 aromatic heterocycles. The summed E-state index contributed by atoms with van der Waals surface area (Å²) in [7, 11) is 2.63. The second-order valence-corrected chi connectivity index (χ2v) is 12.0. The molecule has 0 atom stereocenters. The first kappa shape index (κ1) is 33.6. The Labute approximate surface area is 256 Å². The van der Waals surface area contributed by atoms with E-state index >= 15 is 0 Å². The van der Waals surface area contributed by atoms with Crippen LogP contribution in [0, 0.1) is 0 Å². The van der Waals surface area contributed by atoms with E-state index in [4.69, 9.17) is 14.6 Å². The summed E-state index contributed by atoms with van der Waals surface area (Å²) in [6.07, 6.45) is 0. The third-order valence-corrected chi connectivity index (χ3v) is 7.70. The summed E-state index contributed by atoms with van der Waals surface area (Å²) in [6.45, 7) is 5.39. The maximum atomic E-state index is 11.9. The smallest absolute Gasteiger partial charge is 0.358 e.